The molecule has 0 atom stereocenters. The van der Waals surface area contributed by atoms with Crippen LogP contribution in [-0.2, 0) is 0 Å². The zero-order valence-corrected chi connectivity index (χ0v) is 22.1. The molecule has 1 saturated heterocycles. The number of aliphatic imine (C=N–C) groups is 1. The molecule has 2 aromatic carbocycles. The summed E-state index contributed by atoms with van der Waals surface area (Å²) in [6, 6.07) is 15.6. The second-order valence-electron chi connectivity index (χ2n) is 9.36. The first-order valence-electron chi connectivity index (χ1n) is 12.9. The summed E-state index contributed by atoms with van der Waals surface area (Å²) in [4.78, 5) is 6.51. The van der Waals surface area contributed by atoms with Crippen LogP contribution in [0.5, 0.6) is 0 Å². The summed E-state index contributed by atoms with van der Waals surface area (Å²) >= 11 is 0. The van der Waals surface area contributed by atoms with Crippen molar-refractivity contribution in [3.8, 4) is 0 Å². The van der Waals surface area contributed by atoms with E-state index in [2.05, 4.69) is 86.8 Å². The lowest BCUT2D eigenvalue weighted by atomic mass is 9.88. The Kier molecular flexibility index (Phi) is 15.2. The number of fused-ring (bicyclic) bond motifs is 1. The molecule has 2 N–H and O–H groups in total. The predicted molar refractivity (Wildman–Crippen MR) is 149 cm³/mol. The molecule has 33 heavy (non-hydrogen) atoms. The maximum absolute atomic E-state index is 5.28. The van der Waals surface area contributed by atoms with E-state index in [1.165, 1.54) is 86.5 Å². The molecule has 2 aromatic rings. The van der Waals surface area contributed by atoms with Gasteiger partial charge in [-0.05, 0) is 87.8 Å². The van der Waals surface area contributed by atoms with Crippen LogP contribution in [0.3, 0.4) is 0 Å². The second-order valence-corrected chi connectivity index (χ2v) is 9.36. The van der Waals surface area contributed by atoms with Crippen LogP contribution in [-0.4, -0.2) is 37.8 Å². The lowest BCUT2D eigenvalue weighted by Gasteiger charge is -2.29. The zero-order chi connectivity index (χ0) is 24.5. The van der Waals surface area contributed by atoms with E-state index >= 15 is 0 Å². The largest absolute Gasteiger partial charge is 0.403 e. The molecule has 3 heteroatoms. The Morgan fingerprint density at radius 3 is 2.15 bits per heavy atom. The van der Waals surface area contributed by atoms with Crippen molar-refractivity contribution in [2.75, 3.05) is 27.2 Å². The first kappa shape index (κ1) is 28.9. The van der Waals surface area contributed by atoms with Crippen LogP contribution in [0.2, 0.25) is 0 Å². The van der Waals surface area contributed by atoms with Crippen molar-refractivity contribution >= 4 is 16.5 Å². The molecule has 0 saturated carbocycles. The van der Waals surface area contributed by atoms with E-state index in [1.54, 1.807) is 0 Å². The van der Waals surface area contributed by atoms with Crippen molar-refractivity contribution in [3.05, 3.63) is 60.3 Å². The number of likely N-dealkylation sites (tertiary alicyclic amines) is 1. The minimum absolute atomic E-state index is 0.760. The molecule has 3 rings (SSSR count). The Labute approximate surface area is 204 Å². The number of benzene rings is 2. The smallest absolute Gasteiger partial charge is 0.0276 e. The summed E-state index contributed by atoms with van der Waals surface area (Å²) < 4.78 is 0. The highest BCUT2D eigenvalue weighted by molar-refractivity contribution is 5.83. The number of allylic oxidation sites excluding steroid dienone is 1. The van der Waals surface area contributed by atoms with Crippen molar-refractivity contribution in [3.63, 3.8) is 0 Å². The first-order valence-corrected chi connectivity index (χ1v) is 12.9. The summed E-state index contributed by atoms with van der Waals surface area (Å²) in [5.41, 5.74) is 8.90. The Morgan fingerprint density at radius 1 is 0.970 bits per heavy atom. The molecule has 3 nitrogen and oxygen atoms in total. The van der Waals surface area contributed by atoms with E-state index in [1.807, 2.05) is 7.05 Å². The average molecular weight is 452 g/mol. The quantitative estimate of drug-likeness (QED) is 0.327. The number of hydrogen-bond donors (Lipinski definition) is 1. The Morgan fingerprint density at radius 2 is 1.61 bits per heavy atom. The first-order chi connectivity index (χ1) is 15.9. The molecule has 0 amide bonds. The number of piperidine rings is 1. The molecular formula is C30H49N3. The topological polar surface area (TPSA) is 41.6 Å². The molecule has 0 radical (unpaired) electrons. The third-order valence-corrected chi connectivity index (χ3v) is 6.34. The van der Waals surface area contributed by atoms with Gasteiger partial charge in [0.1, 0.15) is 0 Å². The van der Waals surface area contributed by atoms with Crippen molar-refractivity contribution in [2.24, 2.45) is 10.7 Å². The van der Waals surface area contributed by atoms with Gasteiger partial charge >= 0.3 is 0 Å². The summed E-state index contributed by atoms with van der Waals surface area (Å²) in [5, 5.41) is 2.73. The van der Waals surface area contributed by atoms with E-state index in [0.717, 1.165) is 18.0 Å². The Bertz CT molecular complexity index is 816. The fraction of sp³-hybridized carbons (Fsp3) is 0.567. The van der Waals surface area contributed by atoms with Gasteiger partial charge in [0.15, 0.2) is 0 Å². The third-order valence-electron chi connectivity index (χ3n) is 6.34. The summed E-state index contributed by atoms with van der Waals surface area (Å²) in [6.45, 7) is 12.5. The molecular weight excluding hydrogens is 402 g/mol. The van der Waals surface area contributed by atoms with Gasteiger partial charge in [0.05, 0.1) is 0 Å². The van der Waals surface area contributed by atoms with Crippen LogP contribution in [0.1, 0.15) is 90.0 Å². The molecule has 184 valence electrons. The minimum Gasteiger partial charge on any atom is -0.403 e. The molecule has 0 unspecified atom stereocenters. The van der Waals surface area contributed by atoms with Gasteiger partial charge in [0.25, 0.3) is 0 Å². The van der Waals surface area contributed by atoms with Gasteiger partial charge in [-0.25, -0.2) is 0 Å². The van der Waals surface area contributed by atoms with Gasteiger partial charge < -0.3 is 10.6 Å². The van der Waals surface area contributed by atoms with Gasteiger partial charge in [0.2, 0.25) is 0 Å². The molecule has 0 spiro atoms. The molecule has 1 fully saturated rings. The van der Waals surface area contributed by atoms with Gasteiger partial charge in [-0.15, -0.1) is 0 Å². The van der Waals surface area contributed by atoms with Gasteiger partial charge in [-0.2, -0.15) is 0 Å². The van der Waals surface area contributed by atoms with Crippen molar-refractivity contribution < 1.29 is 0 Å². The predicted octanol–water partition coefficient (Wildman–Crippen LogP) is 7.96. The number of hydrogen-bond acceptors (Lipinski definition) is 3. The van der Waals surface area contributed by atoms with Crippen molar-refractivity contribution in [1.82, 2.24) is 4.90 Å². The Balaban J connectivity index is 0.000000289. The number of nitrogens with zero attached hydrogens (tertiary/aromatic N) is 2. The van der Waals surface area contributed by atoms with Crippen LogP contribution in [0, 0.1) is 0 Å². The number of nitrogens with two attached hydrogens (primary N) is 1. The molecule has 1 heterocycles. The fourth-order valence-corrected chi connectivity index (χ4v) is 3.95. The van der Waals surface area contributed by atoms with Crippen LogP contribution < -0.4 is 5.73 Å². The second kappa shape index (κ2) is 17.4. The molecule has 0 aromatic heterocycles. The van der Waals surface area contributed by atoms with E-state index in [4.69, 9.17) is 5.73 Å². The molecule has 1 aliphatic rings. The highest BCUT2D eigenvalue weighted by Crippen LogP contribution is 2.29. The van der Waals surface area contributed by atoms with Crippen LogP contribution in [0.4, 0.5) is 0 Å². The lowest BCUT2D eigenvalue weighted by Crippen LogP contribution is -2.29. The van der Waals surface area contributed by atoms with Crippen LogP contribution in [0.15, 0.2) is 59.7 Å². The van der Waals surface area contributed by atoms with E-state index < -0.39 is 0 Å². The van der Waals surface area contributed by atoms with Gasteiger partial charge in [-0.1, -0.05) is 82.2 Å². The maximum Gasteiger partial charge on any atom is 0.0276 e. The SMILES string of the molecule is C=C(N)CCCC.CCCCCC(C)=NC.CN1CCC(c2ccc3ccccc3c2)CC1. The van der Waals surface area contributed by atoms with Crippen molar-refractivity contribution in [2.45, 2.75) is 84.5 Å². The zero-order valence-electron chi connectivity index (χ0n) is 22.1. The van der Waals surface area contributed by atoms with Gasteiger partial charge in [-0.3, -0.25) is 4.99 Å². The summed E-state index contributed by atoms with van der Waals surface area (Å²) in [6.07, 6.45) is 11.1. The third kappa shape index (κ3) is 12.6. The van der Waals surface area contributed by atoms with E-state index in [-0.39, 0.29) is 0 Å². The van der Waals surface area contributed by atoms with Crippen LogP contribution >= 0.6 is 0 Å². The summed E-state index contributed by atoms with van der Waals surface area (Å²) in [7, 11) is 4.08. The minimum atomic E-state index is 0.760. The number of unbranched alkanes of at least 4 members (excludes halogenated alkanes) is 3. The molecule has 0 aliphatic carbocycles. The molecule has 0 bridgehead atoms. The Hall–Kier alpha value is -2.13. The van der Waals surface area contributed by atoms with E-state index in [9.17, 15) is 0 Å². The monoisotopic (exact) mass is 451 g/mol. The number of rotatable bonds is 8. The highest BCUT2D eigenvalue weighted by Gasteiger charge is 2.18. The molecule has 1 aliphatic heterocycles. The van der Waals surface area contributed by atoms with Crippen LogP contribution in [0.25, 0.3) is 10.8 Å². The van der Waals surface area contributed by atoms with Crippen molar-refractivity contribution in [1.29, 1.82) is 0 Å². The lowest BCUT2D eigenvalue weighted by molar-refractivity contribution is 0.255. The average Bonchev–Trinajstić information content (AvgIpc) is 2.83. The normalized spacial score (nSPS) is 14.8. The fourth-order valence-electron chi connectivity index (χ4n) is 3.95. The highest BCUT2D eigenvalue weighted by atomic mass is 15.1. The van der Waals surface area contributed by atoms with E-state index in [0.29, 0.717) is 0 Å². The summed E-state index contributed by atoms with van der Waals surface area (Å²) in [5.74, 6) is 0.760. The van der Waals surface area contributed by atoms with Gasteiger partial charge in [0, 0.05) is 18.5 Å². The standard InChI is InChI=1S/C16H19N.C8H17N.C6H13N/c1-17-10-8-14(9-11-17)16-7-6-13-4-2-3-5-15(13)12-16;1-4-5-6-7-8(2)9-3;1-3-4-5-6(2)7/h2-7,12,14H,8-11H2,1H3;4-7H2,1-3H3;2-5,7H2,1H3. The maximum atomic E-state index is 5.28.